The Balaban J connectivity index is 2.98. The van der Waals surface area contributed by atoms with Gasteiger partial charge in [-0.1, -0.05) is 18.2 Å². The van der Waals surface area contributed by atoms with Crippen molar-refractivity contribution in [2.45, 2.75) is 23.6 Å². The van der Waals surface area contributed by atoms with Gasteiger partial charge in [0.25, 0.3) is 0 Å². The van der Waals surface area contributed by atoms with Gasteiger partial charge in [0, 0.05) is 20.1 Å². The van der Waals surface area contributed by atoms with Crippen molar-refractivity contribution in [3.05, 3.63) is 29.8 Å². The number of thioether (sulfide) groups is 1. The van der Waals surface area contributed by atoms with Crippen LogP contribution in [-0.4, -0.2) is 55.4 Å². The normalized spacial score (nSPS) is 13.1. The van der Waals surface area contributed by atoms with E-state index in [2.05, 4.69) is 5.32 Å². The molecule has 0 aliphatic carbocycles. The van der Waals surface area contributed by atoms with Crippen LogP contribution in [-0.2, 0) is 21.4 Å². The number of rotatable bonds is 8. The predicted octanol–water partition coefficient (Wildman–Crippen LogP) is 0.667. The third-order valence-corrected chi connectivity index (χ3v) is 6.13. The number of likely N-dealkylation sites (N-methyl/N-ethyl adjacent to an activating group) is 1. The molecule has 0 saturated carbocycles. The largest absolute Gasteiger partial charge is 0.395 e. The Morgan fingerprint density at radius 1 is 1.41 bits per heavy atom. The molecule has 1 aromatic rings. The molecule has 124 valence electrons. The van der Waals surface area contributed by atoms with E-state index in [1.165, 1.54) is 24.9 Å². The monoisotopic (exact) mass is 346 g/mol. The second-order valence-corrected chi connectivity index (χ2v) is 7.95. The van der Waals surface area contributed by atoms with Crippen molar-refractivity contribution in [3.8, 4) is 0 Å². The summed E-state index contributed by atoms with van der Waals surface area (Å²) in [5.41, 5.74) is 0.522. The van der Waals surface area contributed by atoms with Crippen molar-refractivity contribution in [3.63, 3.8) is 0 Å². The van der Waals surface area contributed by atoms with Crippen molar-refractivity contribution in [1.82, 2.24) is 9.62 Å². The van der Waals surface area contributed by atoms with Crippen LogP contribution in [0.25, 0.3) is 0 Å². The minimum absolute atomic E-state index is 0.0204. The molecule has 0 radical (unpaired) electrons. The van der Waals surface area contributed by atoms with Gasteiger partial charge in [0.1, 0.15) is 0 Å². The zero-order valence-corrected chi connectivity index (χ0v) is 14.6. The summed E-state index contributed by atoms with van der Waals surface area (Å²) < 4.78 is 26.0. The molecular formula is C14H22N2O4S2. The van der Waals surface area contributed by atoms with E-state index < -0.39 is 10.0 Å². The number of nitrogens with one attached hydrogen (secondary N) is 1. The highest BCUT2D eigenvalue weighted by molar-refractivity contribution is 7.99. The van der Waals surface area contributed by atoms with Gasteiger partial charge >= 0.3 is 0 Å². The summed E-state index contributed by atoms with van der Waals surface area (Å²) in [6, 6.07) is 6.53. The van der Waals surface area contributed by atoms with Crippen molar-refractivity contribution in [2.75, 3.05) is 26.5 Å². The van der Waals surface area contributed by atoms with E-state index in [-0.39, 0.29) is 35.7 Å². The average Bonchev–Trinajstić information content (AvgIpc) is 2.52. The Kier molecular flexibility index (Phi) is 7.34. The minimum Gasteiger partial charge on any atom is -0.395 e. The fourth-order valence-corrected chi connectivity index (χ4v) is 3.44. The molecule has 1 aromatic carbocycles. The maximum Gasteiger partial charge on any atom is 0.243 e. The number of hydrogen-bond donors (Lipinski definition) is 2. The molecule has 0 fully saturated rings. The molecule has 0 aromatic heterocycles. The number of aliphatic hydroxyl groups excluding tert-OH is 1. The number of amides is 1. The summed E-state index contributed by atoms with van der Waals surface area (Å²) in [5, 5.41) is 11.5. The molecule has 2 N–H and O–H groups in total. The fraction of sp³-hybridized carbons (Fsp3) is 0.500. The summed E-state index contributed by atoms with van der Waals surface area (Å²) >= 11 is 1.42. The van der Waals surface area contributed by atoms with E-state index >= 15 is 0 Å². The molecule has 0 aliphatic rings. The maximum atomic E-state index is 12.5. The van der Waals surface area contributed by atoms with Crippen LogP contribution < -0.4 is 5.32 Å². The first-order chi connectivity index (χ1) is 10.3. The van der Waals surface area contributed by atoms with Gasteiger partial charge in [0.2, 0.25) is 15.9 Å². The molecule has 0 unspecified atom stereocenters. The maximum absolute atomic E-state index is 12.5. The molecule has 0 aliphatic heterocycles. The van der Waals surface area contributed by atoms with Gasteiger partial charge in [-0.3, -0.25) is 4.79 Å². The van der Waals surface area contributed by atoms with Crippen molar-refractivity contribution < 1.29 is 18.3 Å². The highest BCUT2D eigenvalue weighted by Gasteiger charge is 2.23. The van der Waals surface area contributed by atoms with Crippen LogP contribution in [0, 0.1) is 0 Å². The van der Waals surface area contributed by atoms with E-state index in [1.54, 1.807) is 25.1 Å². The summed E-state index contributed by atoms with van der Waals surface area (Å²) in [6.45, 7) is 1.70. The molecule has 6 nitrogen and oxygen atoms in total. The van der Waals surface area contributed by atoms with Crippen molar-refractivity contribution in [1.29, 1.82) is 0 Å². The smallest absolute Gasteiger partial charge is 0.243 e. The van der Waals surface area contributed by atoms with E-state index in [0.29, 0.717) is 5.56 Å². The van der Waals surface area contributed by atoms with Crippen LogP contribution in [0.1, 0.15) is 12.5 Å². The quantitative estimate of drug-likeness (QED) is 0.722. The Morgan fingerprint density at radius 2 is 2.05 bits per heavy atom. The lowest BCUT2D eigenvalue weighted by Crippen LogP contribution is -2.33. The SMILES string of the molecule is CS[C@H](C)C(=O)NCc1ccccc1S(=O)(=O)N(C)CCO. The lowest BCUT2D eigenvalue weighted by molar-refractivity contribution is -0.120. The van der Waals surface area contributed by atoms with Crippen LogP contribution in [0.15, 0.2) is 29.2 Å². The Morgan fingerprint density at radius 3 is 2.64 bits per heavy atom. The highest BCUT2D eigenvalue weighted by atomic mass is 32.2. The van der Waals surface area contributed by atoms with Gasteiger partial charge in [-0.15, -0.1) is 0 Å². The first-order valence-corrected chi connectivity index (χ1v) is 9.53. The third-order valence-electron chi connectivity index (χ3n) is 3.25. The van der Waals surface area contributed by atoms with E-state index in [9.17, 15) is 13.2 Å². The average molecular weight is 346 g/mol. The predicted molar refractivity (Wildman–Crippen MR) is 88.2 cm³/mol. The topological polar surface area (TPSA) is 86.7 Å². The number of hydrogen-bond acceptors (Lipinski definition) is 5. The van der Waals surface area contributed by atoms with Crippen LogP contribution >= 0.6 is 11.8 Å². The first kappa shape index (κ1) is 19.0. The van der Waals surface area contributed by atoms with Gasteiger partial charge in [0.05, 0.1) is 16.8 Å². The molecule has 0 saturated heterocycles. The summed E-state index contributed by atoms with van der Waals surface area (Å²) in [4.78, 5) is 12.0. The Labute approximate surface area is 136 Å². The number of carbonyl (C=O) groups excluding carboxylic acids is 1. The molecule has 1 rings (SSSR count). The second-order valence-electron chi connectivity index (χ2n) is 4.75. The summed E-state index contributed by atoms with van der Waals surface area (Å²) in [6.07, 6.45) is 1.84. The minimum atomic E-state index is -3.69. The lowest BCUT2D eigenvalue weighted by Gasteiger charge is -2.19. The van der Waals surface area contributed by atoms with Crippen LogP contribution in [0.2, 0.25) is 0 Å². The van der Waals surface area contributed by atoms with Crippen LogP contribution in [0.5, 0.6) is 0 Å². The Bertz CT molecular complexity index is 605. The van der Waals surface area contributed by atoms with Gasteiger partial charge in [-0.2, -0.15) is 16.1 Å². The molecule has 0 spiro atoms. The molecule has 1 atom stereocenters. The number of carbonyl (C=O) groups is 1. The third kappa shape index (κ3) is 4.70. The molecule has 8 heteroatoms. The molecular weight excluding hydrogens is 324 g/mol. The van der Waals surface area contributed by atoms with Crippen LogP contribution in [0.3, 0.4) is 0 Å². The lowest BCUT2D eigenvalue weighted by atomic mass is 10.2. The van der Waals surface area contributed by atoms with Gasteiger partial charge in [0.15, 0.2) is 0 Å². The molecule has 1 amide bonds. The number of nitrogens with zero attached hydrogens (tertiary/aromatic N) is 1. The number of benzene rings is 1. The van der Waals surface area contributed by atoms with Gasteiger partial charge in [-0.25, -0.2) is 8.42 Å². The van der Waals surface area contributed by atoms with Gasteiger partial charge < -0.3 is 10.4 Å². The molecule has 0 bridgehead atoms. The van der Waals surface area contributed by atoms with Crippen LogP contribution in [0.4, 0.5) is 0 Å². The molecule has 22 heavy (non-hydrogen) atoms. The van der Waals surface area contributed by atoms with E-state index in [4.69, 9.17) is 5.11 Å². The van der Waals surface area contributed by atoms with Crippen molar-refractivity contribution >= 4 is 27.7 Å². The fourth-order valence-electron chi connectivity index (χ4n) is 1.76. The zero-order valence-electron chi connectivity index (χ0n) is 12.9. The zero-order chi connectivity index (χ0) is 16.8. The Hall–Kier alpha value is -1.09. The molecule has 0 heterocycles. The van der Waals surface area contributed by atoms with Crippen molar-refractivity contribution in [2.24, 2.45) is 0 Å². The summed E-state index contributed by atoms with van der Waals surface area (Å²) in [5.74, 6) is -0.136. The van der Waals surface area contributed by atoms with E-state index in [1.807, 2.05) is 6.26 Å². The summed E-state index contributed by atoms with van der Waals surface area (Å²) in [7, 11) is -2.28. The second kappa shape index (κ2) is 8.52. The number of aliphatic hydroxyl groups is 1. The number of sulfonamides is 1. The highest BCUT2D eigenvalue weighted by Crippen LogP contribution is 2.19. The van der Waals surface area contributed by atoms with Gasteiger partial charge in [-0.05, 0) is 24.8 Å². The first-order valence-electron chi connectivity index (χ1n) is 6.80. The van der Waals surface area contributed by atoms with E-state index in [0.717, 1.165) is 4.31 Å². The standard InChI is InChI=1S/C14H22N2O4S2/c1-11(21-3)14(18)15-10-12-6-4-5-7-13(12)22(19,20)16(2)8-9-17/h4-7,11,17H,8-10H2,1-3H3,(H,15,18)/t11-/m1/s1.